The maximum absolute atomic E-state index is 5.17. The van der Waals surface area contributed by atoms with Crippen molar-refractivity contribution in [1.82, 2.24) is 0 Å². The highest BCUT2D eigenvalue weighted by Gasteiger charge is 1.93. The molecule has 0 aliphatic rings. The van der Waals surface area contributed by atoms with Crippen molar-refractivity contribution in [1.29, 1.82) is 0 Å². The van der Waals surface area contributed by atoms with Gasteiger partial charge in [0.05, 0.1) is 12.9 Å². The van der Waals surface area contributed by atoms with Gasteiger partial charge in [0.25, 0.3) is 0 Å². The molecule has 60 valence electrons. The zero-order valence-electron chi connectivity index (χ0n) is 7.26. The maximum atomic E-state index is 5.17. The Labute approximate surface area is 65.7 Å². The Hall–Kier alpha value is -0.243. The van der Waals surface area contributed by atoms with Crippen LogP contribution in [-0.4, -0.2) is 15.4 Å². The molecule has 0 saturated carbocycles. The van der Waals surface area contributed by atoms with Gasteiger partial charge in [-0.1, -0.05) is 25.2 Å². The van der Waals surface area contributed by atoms with Crippen molar-refractivity contribution in [2.24, 2.45) is 0 Å². The largest absolute Gasteiger partial charge is 0.502 e. The minimum atomic E-state index is -0.326. The van der Waals surface area contributed by atoms with Crippen molar-refractivity contribution in [2.75, 3.05) is 6.61 Å². The van der Waals surface area contributed by atoms with E-state index < -0.39 is 0 Å². The molecular weight excluding hydrogens is 140 g/mol. The van der Waals surface area contributed by atoms with Crippen LogP contribution in [0.3, 0.4) is 0 Å². The highest BCUT2D eigenvalue weighted by molar-refractivity contribution is 6.55. The van der Waals surface area contributed by atoms with Gasteiger partial charge in [-0.25, -0.2) is 0 Å². The average Bonchev–Trinajstić information content (AvgIpc) is 1.87. The fraction of sp³-hybridized carbons (Fsp3) is 0.750. The zero-order valence-corrected chi connectivity index (χ0v) is 8.42. The summed E-state index contributed by atoms with van der Waals surface area (Å²) >= 11 is 0. The smallest absolute Gasteiger partial charge is 0.0870 e. The third-order valence-corrected chi connectivity index (χ3v) is 2.84. The lowest BCUT2D eigenvalue weighted by atomic mass is 10.5. The zero-order chi connectivity index (χ0) is 7.82. The molecule has 0 saturated heterocycles. The molecule has 0 atom stereocenters. The predicted molar refractivity (Wildman–Crippen MR) is 49.1 cm³/mol. The van der Waals surface area contributed by atoms with Crippen LogP contribution < -0.4 is 0 Å². The van der Waals surface area contributed by atoms with E-state index in [1.807, 2.05) is 13.0 Å². The first-order valence-electron chi connectivity index (χ1n) is 4.00. The fourth-order valence-electron chi connectivity index (χ4n) is 0.739. The van der Waals surface area contributed by atoms with Crippen molar-refractivity contribution >= 4 is 8.80 Å². The van der Waals surface area contributed by atoms with E-state index >= 15 is 0 Å². The van der Waals surface area contributed by atoms with Crippen LogP contribution in [0.1, 0.15) is 13.3 Å². The molecule has 0 aliphatic carbocycles. The molecule has 0 amide bonds. The summed E-state index contributed by atoms with van der Waals surface area (Å²) in [5.74, 6) is 0. The normalized spacial score (nSPS) is 11.2. The Balaban J connectivity index is 2.91. The van der Waals surface area contributed by atoms with Crippen LogP contribution in [0.5, 0.6) is 0 Å². The van der Waals surface area contributed by atoms with Crippen molar-refractivity contribution in [3.05, 3.63) is 12.3 Å². The van der Waals surface area contributed by atoms with E-state index in [0.29, 0.717) is 0 Å². The molecule has 0 fully saturated rings. The van der Waals surface area contributed by atoms with E-state index in [1.165, 1.54) is 12.5 Å². The Bertz CT molecular complexity index is 89.3. The number of hydrogen-bond acceptors (Lipinski definition) is 1. The molecule has 0 rings (SSSR count). The van der Waals surface area contributed by atoms with Crippen molar-refractivity contribution in [3.8, 4) is 0 Å². The second-order valence-electron chi connectivity index (χ2n) is 2.88. The molecule has 10 heavy (non-hydrogen) atoms. The summed E-state index contributed by atoms with van der Waals surface area (Å²) < 4.78 is 5.17. The second-order valence-corrected chi connectivity index (χ2v) is 6.24. The third-order valence-electron chi connectivity index (χ3n) is 1.28. The van der Waals surface area contributed by atoms with Crippen LogP contribution in [0.15, 0.2) is 12.3 Å². The van der Waals surface area contributed by atoms with Crippen LogP contribution in [0.4, 0.5) is 0 Å². The minimum Gasteiger partial charge on any atom is -0.502 e. The van der Waals surface area contributed by atoms with Crippen LogP contribution in [0, 0.1) is 0 Å². The van der Waals surface area contributed by atoms with Gasteiger partial charge in [-0.3, -0.25) is 0 Å². The fourth-order valence-corrected chi connectivity index (χ4v) is 1.72. The molecule has 0 aliphatic heterocycles. The summed E-state index contributed by atoms with van der Waals surface area (Å²) in [7, 11) is -0.326. The van der Waals surface area contributed by atoms with Crippen LogP contribution in [0.2, 0.25) is 19.1 Å². The molecule has 0 unspecified atom stereocenters. The molecule has 0 bridgehead atoms. The highest BCUT2D eigenvalue weighted by Crippen LogP contribution is 1.96. The third kappa shape index (κ3) is 7.76. The van der Waals surface area contributed by atoms with Gasteiger partial charge >= 0.3 is 0 Å². The summed E-state index contributed by atoms with van der Waals surface area (Å²) in [5.41, 5.74) is 0. The molecule has 0 N–H and O–H groups in total. The van der Waals surface area contributed by atoms with Crippen molar-refractivity contribution in [3.63, 3.8) is 0 Å². The molecule has 0 spiro atoms. The molecule has 0 aromatic heterocycles. The molecule has 0 aromatic rings. The topological polar surface area (TPSA) is 9.23 Å². The monoisotopic (exact) mass is 158 g/mol. The lowest BCUT2D eigenvalue weighted by molar-refractivity contribution is 0.249. The number of hydrogen-bond donors (Lipinski definition) is 0. The van der Waals surface area contributed by atoms with Gasteiger partial charge in [-0.05, 0) is 13.3 Å². The summed E-state index contributed by atoms with van der Waals surface area (Å²) in [6.07, 6.45) is 4.92. The Morgan fingerprint density at radius 3 is 2.60 bits per heavy atom. The molecule has 0 aromatic carbocycles. The van der Waals surface area contributed by atoms with Gasteiger partial charge in [0.2, 0.25) is 0 Å². The number of rotatable bonds is 5. The Kier molecular flexibility index (Phi) is 6.70. The summed E-state index contributed by atoms with van der Waals surface area (Å²) in [6.45, 7) is 7.61. The van der Waals surface area contributed by atoms with E-state index in [1.54, 1.807) is 6.26 Å². The van der Waals surface area contributed by atoms with Crippen molar-refractivity contribution < 1.29 is 4.74 Å². The highest BCUT2D eigenvalue weighted by atomic mass is 28.3. The van der Waals surface area contributed by atoms with E-state index in [4.69, 9.17) is 4.74 Å². The maximum Gasteiger partial charge on any atom is 0.0870 e. The number of ether oxygens (including phenoxy) is 1. The molecule has 0 radical (unpaired) electrons. The van der Waals surface area contributed by atoms with Crippen molar-refractivity contribution in [2.45, 2.75) is 32.5 Å². The van der Waals surface area contributed by atoms with E-state index in [9.17, 15) is 0 Å². The van der Waals surface area contributed by atoms with Gasteiger partial charge in [0.15, 0.2) is 0 Å². The average molecular weight is 158 g/mol. The van der Waals surface area contributed by atoms with Crippen LogP contribution >= 0.6 is 0 Å². The predicted octanol–water partition coefficient (Wildman–Crippen LogP) is 2.41. The molecule has 1 nitrogen and oxygen atoms in total. The van der Waals surface area contributed by atoms with Gasteiger partial charge in [-0.15, -0.1) is 0 Å². The lowest BCUT2D eigenvalue weighted by Gasteiger charge is -2.01. The summed E-state index contributed by atoms with van der Waals surface area (Å²) in [5, 5.41) is 0. The second kappa shape index (κ2) is 6.87. The first kappa shape index (κ1) is 9.76. The molecule has 2 heteroatoms. The van der Waals surface area contributed by atoms with Crippen LogP contribution in [-0.2, 0) is 4.74 Å². The van der Waals surface area contributed by atoms with Gasteiger partial charge < -0.3 is 4.74 Å². The Morgan fingerprint density at radius 1 is 1.40 bits per heavy atom. The first-order chi connectivity index (χ1) is 4.77. The first-order valence-corrected chi connectivity index (χ1v) is 7.12. The summed E-state index contributed by atoms with van der Waals surface area (Å²) in [4.78, 5) is 0. The van der Waals surface area contributed by atoms with E-state index in [-0.39, 0.29) is 8.80 Å². The van der Waals surface area contributed by atoms with Gasteiger partial charge in [-0.2, -0.15) is 0 Å². The van der Waals surface area contributed by atoms with Gasteiger partial charge in [0.1, 0.15) is 0 Å². The van der Waals surface area contributed by atoms with Crippen LogP contribution in [0.25, 0.3) is 0 Å². The lowest BCUT2D eigenvalue weighted by Crippen LogP contribution is -2.00. The molecular formula is C8H18OSi. The molecule has 0 heterocycles. The SMILES string of the molecule is CC=COCCC[SiH](C)C. The van der Waals surface area contributed by atoms with E-state index in [0.717, 1.165) is 6.61 Å². The Morgan fingerprint density at radius 2 is 2.10 bits per heavy atom. The van der Waals surface area contributed by atoms with Gasteiger partial charge in [0, 0.05) is 8.80 Å². The van der Waals surface area contributed by atoms with E-state index in [2.05, 4.69) is 13.1 Å². The standard InChI is InChI=1S/C8H18OSi/c1-4-6-9-7-5-8-10(2)3/h4,6,10H,5,7-8H2,1-3H3. The quantitative estimate of drug-likeness (QED) is 0.339. The minimum absolute atomic E-state index is 0.326. The number of allylic oxidation sites excluding steroid dienone is 1. The summed E-state index contributed by atoms with van der Waals surface area (Å²) in [6, 6.07) is 1.40.